The first kappa shape index (κ1) is 14.7. The van der Waals surface area contributed by atoms with Gasteiger partial charge in [-0.2, -0.15) is 0 Å². The largest absolute Gasteiger partial charge is 0.337 e. The molecular formula is C11H14ClF2N3O. The summed E-state index contributed by atoms with van der Waals surface area (Å²) in [5.74, 6) is -1.71. The van der Waals surface area contributed by atoms with Gasteiger partial charge in [-0.25, -0.2) is 13.6 Å². The fourth-order valence-electron chi connectivity index (χ4n) is 1.21. The second-order valence-electron chi connectivity index (χ2n) is 3.93. The van der Waals surface area contributed by atoms with Gasteiger partial charge in [0.05, 0.1) is 10.7 Å². The van der Waals surface area contributed by atoms with Gasteiger partial charge >= 0.3 is 6.03 Å². The predicted molar refractivity (Wildman–Crippen MR) is 66.9 cm³/mol. The molecule has 0 radical (unpaired) electrons. The lowest BCUT2D eigenvalue weighted by molar-refractivity contribution is 0.250. The van der Waals surface area contributed by atoms with E-state index in [1.807, 2.05) is 19.0 Å². The summed E-state index contributed by atoms with van der Waals surface area (Å²) in [6.07, 6.45) is 0. The van der Waals surface area contributed by atoms with E-state index in [9.17, 15) is 13.6 Å². The Hall–Kier alpha value is -1.40. The average molecular weight is 278 g/mol. The molecule has 0 spiro atoms. The summed E-state index contributed by atoms with van der Waals surface area (Å²) in [5.41, 5.74) is -0.236. The van der Waals surface area contributed by atoms with E-state index in [1.165, 1.54) is 0 Å². The van der Waals surface area contributed by atoms with Crippen LogP contribution in [0.4, 0.5) is 19.3 Å². The monoisotopic (exact) mass is 277 g/mol. The van der Waals surface area contributed by atoms with Crippen LogP contribution in [-0.4, -0.2) is 38.1 Å². The highest BCUT2D eigenvalue weighted by Gasteiger charge is 2.12. The predicted octanol–water partition coefficient (Wildman–Crippen LogP) is 2.30. The molecule has 0 saturated carbocycles. The molecule has 0 atom stereocenters. The van der Waals surface area contributed by atoms with Gasteiger partial charge in [-0.3, -0.25) is 0 Å². The molecule has 1 rings (SSSR count). The molecule has 1 aromatic rings. The van der Waals surface area contributed by atoms with Crippen LogP contribution in [0.25, 0.3) is 0 Å². The lowest BCUT2D eigenvalue weighted by Crippen LogP contribution is -2.34. The zero-order chi connectivity index (χ0) is 13.7. The molecule has 0 unspecified atom stereocenters. The third-order valence-corrected chi connectivity index (χ3v) is 2.39. The van der Waals surface area contributed by atoms with Gasteiger partial charge in [0, 0.05) is 19.2 Å². The van der Waals surface area contributed by atoms with Gasteiger partial charge in [0.15, 0.2) is 5.82 Å². The fraction of sp³-hybridized carbons (Fsp3) is 0.364. The van der Waals surface area contributed by atoms with Gasteiger partial charge in [0.2, 0.25) is 0 Å². The van der Waals surface area contributed by atoms with Gasteiger partial charge in [-0.05, 0) is 20.2 Å². The Morgan fingerprint density at radius 3 is 2.61 bits per heavy atom. The number of nitrogens with zero attached hydrogens (tertiary/aromatic N) is 1. The molecule has 0 heterocycles. The maximum atomic E-state index is 13.3. The highest BCUT2D eigenvalue weighted by molar-refractivity contribution is 6.33. The number of halogens is 3. The number of benzene rings is 1. The van der Waals surface area contributed by atoms with Gasteiger partial charge in [-0.1, -0.05) is 11.6 Å². The first-order valence-corrected chi connectivity index (χ1v) is 5.62. The van der Waals surface area contributed by atoms with Crippen molar-refractivity contribution < 1.29 is 13.6 Å². The summed E-state index contributed by atoms with van der Waals surface area (Å²) < 4.78 is 26.1. The number of rotatable bonds is 4. The Bertz CT molecular complexity index is 417. The SMILES string of the molecule is CN(C)CCNC(=O)Nc1c(F)cc(F)cc1Cl. The molecule has 1 aromatic carbocycles. The van der Waals surface area contributed by atoms with Crippen LogP contribution in [0.1, 0.15) is 0 Å². The Kier molecular flexibility index (Phi) is 5.30. The van der Waals surface area contributed by atoms with Crippen molar-refractivity contribution in [2.24, 2.45) is 0 Å². The second kappa shape index (κ2) is 6.51. The fourth-order valence-corrected chi connectivity index (χ4v) is 1.45. The Balaban J connectivity index is 2.59. The van der Waals surface area contributed by atoms with Crippen LogP contribution in [0.15, 0.2) is 12.1 Å². The summed E-state index contributed by atoms with van der Waals surface area (Å²) >= 11 is 5.63. The van der Waals surface area contributed by atoms with Gasteiger partial charge in [0.25, 0.3) is 0 Å². The lowest BCUT2D eigenvalue weighted by Gasteiger charge is -2.12. The molecule has 2 N–H and O–H groups in total. The molecule has 2 amide bonds. The number of nitrogens with one attached hydrogen (secondary N) is 2. The topological polar surface area (TPSA) is 44.4 Å². The zero-order valence-electron chi connectivity index (χ0n) is 10.1. The molecule has 0 bridgehead atoms. The summed E-state index contributed by atoms with van der Waals surface area (Å²) in [6, 6.07) is 0.991. The number of carbonyl (C=O) groups excluding carboxylic acids is 1. The molecule has 100 valence electrons. The van der Waals surface area contributed by atoms with Crippen LogP contribution in [0.5, 0.6) is 0 Å². The number of carbonyl (C=O) groups is 1. The Morgan fingerprint density at radius 2 is 2.06 bits per heavy atom. The third-order valence-electron chi connectivity index (χ3n) is 2.09. The van der Waals surface area contributed by atoms with Crippen LogP contribution in [-0.2, 0) is 0 Å². The minimum atomic E-state index is -0.914. The van der Waals surface area contributed by atoms with Crippen LogP contribution in [0.2, 0.25) is 5.02 Å². The van der Waals surface area contributed by atoms with Crippen molar-refractivity contribution in [3.8, 4) is 0 Å². The van der Waals surface area contributed by atoms with E-state index in [0.29, 0.717) is 19.2 Å². The zero-order valence-corrected chi connectivity index (χ0v) is 10.8. The molecule has 18 heavy (non-hydrogen) atoms. The van der Waals surface area contributed by atoms with Crippen LogP contribution < -0.4 is 10.6 Å². The molecule has 0 aromatic heterocycles. The number of anilines is 1. The third kappa shape index (κ3) is 4.46. The minimum absolute atomic E-state index is 0.185. The van der Waals surface area contributed by atoms with E-state index in [2.05, 4.69) is 10.6 Å². The highest BCUT2D eigenvalue weighted by atomic mass is 35.5. The van der Waals surface area contributed by atoms with Crippen molar-refractivity contribution in [3.63, 3.8) is 0 Å². The van der Waals surface area contributed by atoms with E-state index < -0.39 is 17.7 Å². The summed E-state index contributed by atoms with van der Waals surface area (Å²) in [6.45, 7) is 1.05. The van der Waals surface area contributed by atoms with Crippen molar-refractivity contribution >= 4 is 23.3 Å². The molecule has 0 aliphatic carbocycles. The molecule has 7 heteroatoms. The molecular weight excluding hydrogens is 264 g/mol. The highest BCUT2D eigenvalue weighted by Crippen LogP contribution is 2.26. The molecule has 4 nitrogen and oxygen atoms in total. The van der Waals surface area contributed by atoms with Crippen molar-refractivity contribution in [3.05, 3.63) is 28.8 Å². The Labute approximate surface area is 109 Å². The maximum Gasteiger partial charge on any atom is 0.319 e. The first-order chi connectivity index (χ1) is 8.40. The van der Waals surface area contributed by atoms with Crippen molar-refractivity contribution in [1.82, 2.24) is 10.2 Å². The molecule has 0 saturated heterocycles. The van der Waals surface area contributed by atoms with E-state index in [-0.39, 0.29) is 10.7 Å². The summed E-state index contributed by atoms with van der Waals surface area (Å²) in [7, 11) is 3.71. The van der Waals surface area contributed by atoms with E-state index >= 15 is 0 Å². The van der Waals surface area contributed by atoms with Crippen molar-refractivity contribution in [1.29, 1.82) is 0 Å². The molecule has 0 fully saturated rings. The second-order valence-corrected chi connectivity index (χ2v) is 4.34. The van der Waals surface area contributed by atoms with Crippen molar-refractivity contribution in [2.45, 2.75) is 0 Å². The summed E-state index contributed by atoms with van der Waals surface area (Å²) in [4.78, 5) is 13.3. The number of amides is 2. The van der Waals surface area contributed by atoms with E-state index in [4.69, 9.17) is 11.6 Å². The van der Waals surface area contributed by atoms with Gasteiger partial charge in [0.1, 0.15) is 5.82 Å². The average Bonchev–Trinajstić information content (AvgIpc) is 2.22. The quantitative estimate of drug-likeness (QED) is 0.887. The number of hydrogen-bond acceptors (Lipinski definition) is 2. The first-order valence-electron chi connectivity index (χ1n) is 5.24. The normalized spacial score (nSPS) is 10.6. The van der Waals surface area contributed by atoms with Crippen LogP contribution in [0.3, 0.4) is 0 Å². The molecule has 0 aliphatic heterocycles. The lowest BCUT2D eigenvalue weighted by atomic mass is 10.3. The van der Waals surface area contributed by atoms with Crippen LogP contribution in [0, 0.1) is 11.6 Å². The van der Waals surface area contributed by atoms with E-state index in [0.717, 1.165) is 6.07 Å². The smallest absolute Gasteiger partial charge is 0.319 e. The molecule has 0 aliphatic rings. The summed E-state index contributed by atoms with van der Waals surface area (Å²) in [5, 5.41) is 4.57. The Morgan fingerprint density at radius 1 is 1.39 bits per heavy atom. The van der Waals surface area contributed by atoms with E-state index in [1.54, 1.807) is 0 Å². The number of hydrogen-bond donors (Lipinski definition) is 2. The van der Waals surface area contributed by atoms with Crippen molar-refractivity contribution in [2.75, 3.05) is 32.5 Å². The standard InChI is InChI=1S/C11H14ClF2N3O/c1-17(2)4-3-15-11(18)16-10-8(12)5-7(13)6-9(10)14/h5-6H,3-4H2,1-2H3,(H2,15,16,18). The van der Waals surface area contributed by atoms with Gasteiger partial charge < -0.3 is 15.5 Å². The number of likely N-dealkylation sites (N-methyl/N-ethyl adjacent to an activating group) is 1. The minimum Gasteiger partial charge on any atom is -0.337 e. The maximum absolute atomic E-state index is 13.3. The number of urea groups is 1. The van der Waals surface area contributed by atoms with Crippen LogP contribution >= 0.6 is 11.6 Å². The van der Waals surface area contributed by atoms with Gasteiger partial charge in [-0.15, -0.1) is 0 Å².